The number of hydrogen-bond acceptors (Lipinski definition) is 4. The molecule has 0 radical (unpaired) electrons. The largest absolute Gasteiger partial charge is 0.356 e. The number of benzene rings is 1. The lowest BCUT2D eigenvalue weighted by Crippen LogP contribution is -2.43. The molecule has 1 aromatic carbocycles. The number of aryl methyl sites for hydroxylation is 1. The summed E-state index contributed by atoms with van der Waals surface area (Å²) in [5.74, 6) is -1.91. The van der Waals surface area contributed by atoms with Crippen LogP contribution in [-0.2, 0) is 20.8 Å². The molecule has 124 valence electrons. The van der Waals surface area contributed by atoms with Crippen LogP contribution in [0.3, 0.4) is 0 Å². The van der Waals surface area contributed by atoms with Crippen molar-refractivity contribution in [3.8, 4) is 0 Å². The lowest BCUT2D eigenvalue weighted by molar-refractivity contribution is -0.136. The fraction of sp³-hybridized carbons (Fsp3) is 0.312. The molecule has 7 nitrogen and oxygen atoms in total. The number of rotatable bonds is 7. The molecule has 0 aliphatic carbocycles. The molecule has 0 aliphatic heterocycles. The Morgan fingerprint density at radius 2 is 1.65 bits per heavy atom. The number of hydrogen-bond donors (Lipinski definition) is 4. The zero-order valence-electron chi connectivity index (χ0n) is 13.4. The van der Waals surface area contributed by atoms with Crippen molar-refractivity contribution < 1.29 is 14.4 Å². The maximum atomic E-state index is 11.7. The topological polar surface area (TPSA) is 99.3 Å². The van der Waals surface area contributed by atoms with E-state index in [4.69, 9.17) is 0 Å². The zero-order chi connectivity index (χ0) is 17.2. The minimum absolute atomic E-state index is 0.00815. The van der Waals surface area contributed by atoms with E-state index < -0.39 is 11.8 Å². The first-order chi connectivity index (χ1) is 11.0. The maximum Gasteiger partial charge on any atom is 0.327 e. The van der Waals surface area contributed by atoms with Crippen molar-refractivity contribution in [1.82, 2.24) is 16.2 Å². The van der Waals surface area contributed by atoms with Gasteiger partial charge in [0.05, 0.1) is 6.42 Å². The van der Waals surface area contributed by atoms with Crippen LogP contribution in [0.5, 0.6) is 0 Å². The van der Waals surface area contributed by atoms with Gasteiger partial charge < -0.3 is 16.1 Å². The second-order valence-corrected chi connectivity index (χ2v) is 4.82. The summed E-state index contributed by atoms with van der Waals surface area (Å²) in [6.07, 6.45) is 0.903. The van der Waals surface area contributed by atoms with Crippen LogP contribution in [0.25, 0.3) is 0 Å². The highest BCUT2D eigenvalue weighted by Gasteiger charge is 2.14. The van der Waals surface area contributed by atoms with Crippen LogP contribution < -0.4 is 21.5 Å². The highest BCUT2D eigenvalue weighted by atomic mass is 16.2. The van der Waals surface area contributed by atoms with Gasteiger partial charge in [-0.3, -0.25) is 19.8 Å². The first-order valence-corrected chi connectivity index (χ1v) is 7.37. The Hall–Kier alpha value is -2.83. The fourth-order valence-corrected chi connectivity index (χ4v) is 1.71. The normalized spacial score (nSPS) is 9.65. The molecule has 0 unspecified atom stereocenters. The Balaban J connectivity index is 2.40. The molecule has 0 saturated heterocycles. The van der Waals surface area contributed by atoms with Crippen LogP contribution in [0.2, 0.25) is 0 Å². The van der Waals surface area contributed by atoms with E-state index in [1.807, 2.05) is 19.1 Å². The van der Waals surface area contributed by atoms with Crippen LogP contribution in [0, 0.1) is 0 Å². The van der Waals surface area contributed by atoms with E-state index in [0.29, 0.717) is 12.2 Å². The van der Waals surface area contributed by atoms with Gasteiger partial charge in [0, 0.05) is 17.9 Å². The van der Waals surface area contributed by atoms with E-state index in [-0.39, 0.29) is 18.0 Å². The SMILES string of the molecule is C=C(CC(=O)NCC)NNC(=O)C(=O)Nc1ccc(CC)cc1. The van der Waals surface area contributed by atoms with Gasteiger partial charge in [-0.05, 0) is 31.0 Å². The van der Waals surface area contributed by atoms with E-state index in [0.717, 1.165) is 12.0 Å². The van der Waals surface area contributed by atoms with E-state index in [2.05, 4.69) is 28.1 Å². The van der Waals surface area contributed by atoms with Crippen molar-refractivity contribution in [2.45, 2.75) is 26.7 Å². The molecule has 23 heavy (non-hydrogen) atoms. The molecule has 0 bridgehead atoms. The maximum absolute atomic E-state index is 11.7. The molecule has 4 N–H and O–H groups in total. The summed E-state index contributed by atoms with van der Waals surface area (Å²) in [6, 6.07) is 7.21. The van der Waals surface area contributed by atoms with Crippen LogP contribution in [0.1, 0.15) is 25.8 Å². The third-order valence-corrected chi connectivity index (χ3v) is 2.93. The molecule has 1 aromatic rings. The minimum atomic E-state index is -0.874. The average molecular weight is 318 g/mol. The number of carbonyl (C=O) groups excluding carboxylic acids is 3. The average Bonchev–Trinajstić information content (AvgIpc) is 2.53. The number of hydrazine groups is 1. The zero-order valence-corrected chi connectivity index (χ0v) is 13.4. The molecule has 1 rings (SSSR count). The first-order valence-electron chi connectivity index (χ1n) is 7.37. The van der Waals surface area contributed by atoms with Crippen LogP contribution in [0.15, 0.2) is 36.5 Å². The standard InChI is InChI=1S/C16H22N4O3/c1-4-12-6-8-13(9-7-12)18-15(22)16(23)20-19-11(3)10-14(21)17-5-2/h6-9,19H,3-5,10H2,1-2H3,(H,17,21)(H,18,22)(H,20,23). The van der Waals surface area contributed by atoms with Gasteiger partial charge in [0.25, 0.3) is 0 Å². The number of anilines is 1. The van der Waals surface area contributed by atoms with Crippen LogP contribution in [0.4, 0.5) is 5.69 Å². The molecule has 0 aliphatic rings. The van der Waals surface area contributed by atoms with Gasteiger partial charge >= 0.3 is 11.8 Å². The third-order valence-electron chi connectivity index (χ3n) is 2.93. The van der Waals surface area contributed by atoms with Crippen molar-refractivity contribution in [3.05, 3.63) is 42.1 Å². The predicted octanol–water partition coefficient (Wildman–Crippen LogP) is 0.848. The predicted molar refractivity (Wildman–Crippen MR) is 88.2 cm³/mol. The van der Waals surface area contributed by atoms with Gasteiger partial charge in [-0.1, -0.05) is 25.6 Å². The molecule has 0 fully saturated rings. The number of amides is 3. The molecular formula is C16H22N4O3. The summed E-state index contributed by atoms with van der Waals surface area (Å²) in [4.78, 5) is 34.7. The second-order valence-electron chi connectivity index (χ2n) is 4.82. The van der Waals surface area contributed by atoms with Crippen molar-refractivity contribution in [1.29, 1.82) is 0 Å². The van der Waals surface area contributed by atoms with Gasteiger partial charge in [-0.2, -0.15) is 0 Å². The van der Waals surface area contributed by atoms with Crippen molar-refractivity contribution >= 4 is 23.4 Å². The fourth-order valence-electron chi connectivity index (χ4n) is 1.71. The lowest BCUT2D eigenvalue weighted by Gasteiger charge is -2.11. The van der Waals surface area contributed by atoms with Gasteiger partial charge in [0.1, 0.15) is 0 Å². The van der Waals surface area contributed by atoms with Gasteiger partial charge in [0.2, 0.25) is 5.91 Å². The Labute approximate surface area is 135 Å². The van der Waals surface area contributed by atoms with E-state index in [1.54, 1.807) is 19.1 Å². The van der Waals surface area contributed by atoms with Crippen LogP contribution >= 0.6 is 0 Å². The lowest BCUT2D eigenvalue weighted by atomic mass is 10.1. The summed E-state index contributed by atoms with van der Waals surface area (Å²) < 4.78 is 0. The monoisotopic (exact) mass is 318 g/mol. The molecular weight excluding hydrogens is 296 g/mol. The highest BCUT2D eigenvalue weighted by molar-refractivity contribution is 6.39. The molecule has 0 heterocycles. The molecule has 7 heteroatoms. The smallest absolute Gasteiger partial charge is 0.327 e. The van der Waals surface area contributed by atoms with Gasteiger partial charge in [-0.25, -0.2) is 0 Å². The molecule has 3 amide bonds. The Morgan fingerprint density at radius 3 is 2.22 bits per heavy atom. The van der Waals surface area contributed by atoms with Crippen molar-refractivity contribution in [2.75, 3.05) is 11.9 Å². The highest BCUT2D eigenvalue weighted by Crippen LogP contribution is 2.09. The number of nitrogens with one attached hydrogen (secondary N) is 4. The quantitative estimate of drug-likeness (QED) is 0.442. The molecule has 0 atom stereocenters. The van der Waals surface area contributed by atoms with E-state index >= 15 is 0 Å². The summed E-state index contributed by atoms with van der Waals surface area (Å²) in [5.41, 5.74) is 6.58. The Morgan fingerprint density at radius 1 is 1.00 bits per heavy atom. The van der Waals surface area contributed by atoms with Crippen molar-refractivity contribution in [3.63, 3.8) is 0 Å². The summed E-state index contributed by atoms with van der Waals surface area (Å²) in [7, 11) is 0. The summed E-state index contributed by atoms with van der Waals surface area (Å²) in [5, 5.41) is 5.07. The van der Waals surface area contributed by atoms with Gasteiger partial charge in [-0.15, -0.1) is 0 Å². The Bertz CT molecular complexity index is 581. The summed E-state index contributed by atoms with van der Waals surface area (Å²) >= 11 is 0. The van der Waals surface area contributed by atoms with Gasteiger partial charge in [0.15, 0.2) is 0 Å². The summed E-state index contributed by atoms with van der Waals surface area (Å²) in [6.45, 7) is 7.93. The molecule has 0 aromatic heterocycles. The first kappa shape index (κ1) is 18.2. The van der Waals surface area contributed by atoms with E-state index in [1.165, 1.54) is 0 Å². The van der Waals surface area contributed by atoms with Crippen LogP contribution in [-0.4, -0.2) is 24.3 Å². The third kappa shape index (κ3) is 6.64. The Kier molecular flexibility index (Phi) is 7.32. The molecule has 0 saturated carbocycles. The molecule has 0 spiro atoms. The minimum Gasteiger partial charge on any atom is -0.356 e. The van der Waals surface area contributed by atoms with Crippen molar-refractivity contribution in [2.24, 2.45) is 0 Å². The van der Waals surface area contributed by atoms with E-state index in [9.17, 15) is 14.4 Å². The number of carbonyl (C=O) groups is 3. The second kappa shape index (κ2) is 9.24.